The second-order valence-electron chi connectivity index (χ2n) is 8.93. The van der Waals surface area contributed by atoms with E-state index in [9.17, 15) is 5.11 Å². The van der Waals surface area contributed by atoms with Gasteiger partial charge in [-0.05, 0) is 80.0 Å². The highest BCUT2D eigenvalue weighted by atomic mass is 16.3. The lowest BCUT2D eigenvalue weighted by molar-refractivity contribution is -0.0299. The number of rotatable bonds is 1. The van der Waals surface area contributed by atoms with Crippen molar-refractivity contribution in [2.45, 2.75) is 78.2 Å². The van der Waals surface area contributed by atoms with Crippen LogP contribution in [0.2, 0.25) is 0 Å². The molecule has 0 aromatic carbocycles. The molecule has 2 fully saturated rings. The van der Waals surface area contributed by atoms with Gasteiger partial charge in [-0.2, -0.15) is 0 Å². The van der Waals surface area contributed by atoms with Crippen LogP contribution >= 0.6 is 0 Å². The molecule has 0 bridgehead atoms. The lowest BCUT2D eigenvalue weighted by Crippen LogP contribution is -2.49. The van der Waals surface area contributed by atoms with Gasteiger partial charge in [-0.15, -0.1) is 0 Å². The maximum absolute atomic E-state index is 10.1. The molecule has 1 heteroatoms. The molecule has 4 aliphatic rings. The van der Waals surface area contributed by atoms with Crippen LogP contribution in [0, 0.1) is 28.6 Å². The van der Waals surface area contributed by atoms with Crippen LogP contribution in [0.15, 0.2) is 23.3 Å². The van der Waals surface area contributed by atoms with Crippen molar-refractivity contribution >= 4 is 0 Å². The number of hydrogen-bond donors (Lipinski definition) is 1. The normalized spacial score (nSPS) is 50.5. The Balaban J connectivity index is 1.66. The van der Waals surface area contributed by atoms with Crippen molar-refractivity contribution in [3.63, 3.8) is 0 Å². The summed E-state index contributed by atoms with van der Waals surface area (Å²) in [6.07, 6.45) is 14.8. The fourth-order valence-electron chi connectivity index (χ4n) is 6.85. The molecule has 4 aliphatic carbocycles. The summed E-state index contributed by atoms with van der Waals surface area (Å²) in [6.45, 7) is 7.42. The summed E-state index contributed by atoms with van der Waals surface area (Å²) in [5, 5.41) is 10.1. The zero-order valence-electron chi connectivity index (χ0n) is 14.6. The molecule has 6 atom stereocenters. The summed E-state index contributed by atoms with van der Waals surface area (Å²) in [6, 6.07) is 0. The molecule has 0 radical (unpaired) electrons. The molecule has 0 aliphatic heterocycles. The highest BCUT2D eigenvalue weighted by Gasteiger charge is 2.56. The number of aliphatic hydroxyl groups excluding tert-OH is 1. The highest BCUT2D eigenvalue weighted by molar-refractivity contribution is 5.29. The third-order valence-electron chi connectivity index (χ3n) is 8.20. The van der Waals surface area contributed by atoms with Gasteiger partial charge in [0, 0.05) is 0 Å². The second kappa shape index (κ2) is 4.97. The molecule has 1 nitrogen and oxygen atoms in total. The van der Waals surface area contributed by atoms with Gasteiger partial charge in [0.05, 0.1) is 6.10 Å². The molecule has 2 saturated carbocycles. The van der Waals surface area contributed by atoms with E-state index in [1.165, 1.54) is 38.5 Å². The lowest BCUT2D eigenvalue weighted by atomic mass is 9.47. The van der Waals surface area contributed by atoms with Crippen LogP contribution in [0.4, 0.5) is 0 Å². The summed E-state index contributed by atoms with van der Waals surface area (Å²) in [5.41, 5.74) is 4.22. The van der Waals surface area contributed by atoms with Gasteiger partial charge in [0.25, 0.3) is 0 Å². The molecular weight excluding hydrogens is 268 g/mol. The van der Waals surface area contributed by atoms with Crippen molar-refractivity contribution < 1.29 is 5.11 Å². The zero-order chi connectivity index (χ0) is 15.5. The first kappa shape index (κ1) is 15.0. The number of hydrogen-bond acceptors (Lipinski definition) is 1. The Kier molecular flexibility index (Phi) is 3.39. The molecule has 0 heterocycles. The molecule has 0 unspecified atom stereocenters. The van der Waals surface area contributed by atoms with Crippen LogP contribution in [0.3, 0.4) is 0 Å². The first-order chi connectivity index (χ1) is 10.5. The van der Waals surface area contributed by atoms with Crippen LogP contribution in [-0.4, -0.2) is 11.2 Å². The maximum atomic E-state index is 10.1. The fourth-order valence-corrected chi connectivity index (χ4v) is 6.85. The summed E-state index contributed by atoms with van der Waals surface area (Å²) in [5.74, 6) is 2.62. The van der Waals surface area contributed by atoms with Gasteiger partial charge >= 0.3 is 0 Å². The van der Waals surface area contributed by atoms with Gasteiger partial charge < -0.3 is 5.11 Å². The van der Waals surface area contributed by atoms with Crippen LogP contribution in [0.25, 0.3) is 0 Å². The Morgan fingerprint density at radius 2 is 1.82 bits per heavy atom. The van der Waals surface area contributed by atoms with E-state index < -0.39 is 0 Å². The van der Waals surface area contributed by atoms with Gasteiger partial charge in [0.15, 0.2) is 0 Å². The maximum Gasteiger partial charge on any atom is 0.0577 e. The van der Waals surface area contributed by atoms with Crippen LogP contribution in [-0.2, 0) is 0 Å². The predicted octanol–water partition coefficient (Wildman–Crippen LogP) is 5.26. The van der Waals surface area contributed by atoms with E-state index in [4.69, 9.17) is 0 Å². The minimum Gasteiger partial charge on any atom is -0.393 e. The summed E-state index contributed by atoms with van der Waals surface area (Å²) in [7, 11) is 0. The molecule has 0 amide bonds. The zero-order valence-corrected chi connectivity index (χ0v) is 14.6. The summed E-state index contributed by atoms with van der Waals surface area (Å²) >= 11 is 0. The van der Waals surface area contributed by atoms with Crippen molar-refractivity contribution in [3.05, 3.63) is 23.3 Å². The van der Waals surface area contributed by atoms with E-state index in [-0.39, 0.29) is 6.10 Å². The standard InChI is InChI=1S/C21H32O/c1-4-14-6-8-18-17-7-5-15-13-16(22)9-11-21(15,3)19(17)10-12-20(14,18)2/h5-6,16-19,22H,4,7-13H2,1-3H3/t16-,17-,18-,19-,20+,21-/m0/s1. The second-order valence-corrected chi connectivity index (χ2v) is 8.93. The lowest BCUT2D eigenvalue weighted by Gasteiger charge is -2.57. The van der Waals surface area contributed by atoms with E-state index in [0.717, 1.165) is 30.6 Å². The molecule has 1 N–H and O–H groups in total. The Labute approximate surface area is 135 Å². The predicted molar refractivity (Wildman–Crippen MR) is 91.5 cm³/mol. The van der Waals surface area contributed by atoms with E-state index in [0.29, 0.717) is 10.8 Å². The highest BCUT2D eigenvalue weighted by Crippen LogP contribution is 2.65. The average Bonchev–Trinajstić information content (AvgIpc) is 2.84. The molecule has 0 aromatic rings. The first-order valence-corrected chi connectivity index (χ1v) is 9.56. The summed E-state index contributed by atoms with van der Waals surface area (Å²) < 4.78 is 0. The van der Waals surface area contributed by atoms with Gasteiger partial charge in [0.1, 0.15) is 0 Å². The minimum atomic E-state index is -0.0791. The number of allylic oxidation sites excluding steroid dienone is 3. The van der Waals surface area contributed by atoms with Crippen molar-refractivity contribution in [2.75, 3.05) is 0 Å². The quantitative estimate of drug-likeness (QED) is 0.655. The van der Waals surface area contributed by atoms with Gasteiger partial charge in [-0.1, -0.05) is 44.1 Å². The van der Waals surface area contributed by atoms with Crippen molar-refractivity contribution in [1.82, 2.24) is 0 Å². The largest absolute Gasteiger partial charge is 0.393 e. The van der Waals surface area contributed by atoms with Gasteiger partial charge in [-0.3, -0.25) is 0 Å². The average molecular weight is 300 g/mol. The van der Waals surface area contributed by atoms with Crippen LogP contribution in [0.1, 0.15) is 72.1 Å². The van der Waals surface area contributed by atoms with Crippen LogP contribution in [0.5, 0.6) is 0 Å². The van der Waals surface area contributed by atoms with E-state index in [1.54, 1.807) is 11.1 Å². The Bertz CT molecular complexity index is 530. The smallest absolute Gasteiger partial charge is 0.0577 e. The monoisotopic (exact) mass is 300 g/mol. The Hall–Kier alpha value is -0.560. The molecule has 0 spiro atoms. The molecule has 0 aromatic heterocycles. The number of aliphatic hydroxyl groups is 1. The topological polar surface area (TPSA) is 20.2 Å². The minimum absolute atomic E-state index is 0.0791. The molecule has 22 heavy (non-hydrogen) atoms. The van der Waals surface area contributed by atoms with Gasteiger partial charge in [-0.25, -0.2) is 0 Å². The van der Waals surface area contributed by atoms with Crippen molar-refractivity contribution in [3.8, 4) is 0 Å². The van der Waals surface area contributed by atoms with E-state index in [1.807, 2.05) is 0 Å². The Morgan fingerprint density at radius 1 is 1.05 bits per heavy atom. The molecule has 0 saturated heterocycles. The van der Waals surface area contributed by atoms with Crippen molar-refractivity contribution in [1.29, 1.82) is 0 Å². The first-order valence-electron chi connectivity index (χ1n) is 9.56. The SMILES string of the molecule is CCC1=CC[C@H]2[C@@H]3CC=C4C[C@@H](O)CC[C@]4(C)[C@H]3CC[C@]12C. The third-order valence-corrected chi connectivity index (χ3v) is 8.20. The summed E-state index contributed by atoms with van der Waals surface area (Å²) in [4.78, 5) is 0. The molecule has 4 rings (SSSR count). The fraction of sp³-hybridized carbons (Fsp3) is 0.810. The van der Waals surface area contributed by atoms with E-state index >= 15 is 0 Å². The van der Waals surface area contributed by atoms with Crippen molar-refractivity contribution in [2.24, 2.45) is 28.6 Å². The third kappa shape index (κ3) is 1.87. The Morgan fingerprint density at radius 3 is 2.59 bits per heavy atom. The molecular formula is C21H32O. The van der Waals surface area contributed by atoms with Gasteiger partial charge in [0.2, 0.25) is 0 Å². The van der Waals surface area contributed by atoms with E-state index in [2.05, 4.69) is 32.9 Å². The van der Waals surface area contributed by atoms with Crippen LogP contribution < -0.4 is 0 Å². The molecule has 122 valence electrons. The number of fused-ring (bicyclic) bond motifs is 5.